The summed E-state index contributed by atoms with van der Waals surface area (Å²) in [6, 6.07) is 16.7. The van der Waals surface area contributed by atoms with Gasteiger partial charge in [-0.05, 0) is 45.8 Å². The van der Waals surface area contributed by atoms with Crippen molar-refractivity contribution in [2.75, 3.05) is 26.7 Å². The van der Waals surface area contributed by atoms with Crippen molar-refractivity contribution in [2.24, 2.45) is 0 Å². The van der Waals surface area contributed by atoms with Crippen LogP contribution >= 0.6 is 15.1 Å². The topological polar surface area (TPSA) is 17.1 Å². The summed E-state index contributed by atoms with van der Waals surface area (Å²) >= 11 is 0. The van der Waals surface area contributed by atoms with E-state index in [1.54, 1.807) is 13.3 Å². The van der Waals surface area contributed by atoms with E-state index >= 15 is 0 Å². The summed E-state index contributed by atoms with van der Waals surface area (Å²) in [4.78, 5) is 0. The maximum absolute atomic E-state index is 11.5. The second kappa shape index (κ2) is 7.92. The highest BCUT2D eigenvalue weighted by atomic mass is 31.2. The Morgan fingerprint density at radius 1 is 0.762 bits per heavy atom. The van der Waals surface area contributed by atoms with Gasteiger partial charge in [0, 0.05) is 5.30 Å². The van der Waals surface area contributed by atoms with Gasteiger partial charge in [-0.3, -0.25) is 0 Å². The predicted molar refractivity (Wildman–Crippen MR) is 99.8 cm³/mol. The molecule has 0 amide bonds. The summed E-state index contributed by atoms with van der Waals surface area (Å²) < 4.78 is 11.5. The Hall–Kier alpha value is -0.900. The molecule has 0 aliphatic carbocycles. The first-order valence-corrected chi connectivity index (χ1v) is 11.9. The fraction of sp³-hybridized carbons (Fsp3) is 0.333. The Kier molecular flexibility index (Phi) is 6.85. The Balaban J connectivity index is 0.000000211. The Morgan fingerprint density at radius 3 is 1.48 bits per heavy atom. The fourth-order valence-electron chi connectivity index (χ4n) is 1.75. The van der Waals surface area contributed by atoms with E-state index in [0.29, 0.717) is 0 Å². The van der Waals surface area contributed by atoms with Gasteiger partial charge in [0.15, 0.2) is 0 Å². The lowest BCUT2D eigenvalue weighted by atomic mass is 10.2. The maximum atomic E-state index is 11.5. The van der Waals surface area contributed by atoms with E-state index in [4.69, 9.17) is 0 Å². The normalized spacial score (nSPS) is 11.0. The third-order valence-electron chi connectivity index (χ3n) is 3.21. The van der Waals surface area contributed by atoms with Crippen LogP contribution in [0, 0.1) is 13.8 Å². The van der Waals surface area contributed by atoms with Gasteiger partial charge in [0.25, 0.3) is 0 Å². The Morgan fingerprint density at radius 2 is 1.14 bits per heavy atom. The van der Waals surface area contributed by atoms with Gasteiger partial charge in [-0.1, -0.05) is 67.6 Å². The van der Waals surface area contributed by atoms with Gasteiger partial charge in [0.1, 0.15) is 7.14 Å². The molecule has 0 spiro atoms. The first-order chi connectivity index (χ1) is 9.70. The summed E-state index contributed by atoms with van der Waals surface area (Å²) in [6.07, 6.45) is 0. The Bertz CT molecular complexity index is 592. The van der Waals surface area contributed by atoms with Crippen molar-refractivity contribution in [1.82, 2.24) is 0 Å². The number of hydrogen-bond donors (Lipinski definition) is 0. The summed E-state index contributed by atoms with van der Waals surface area (Å²) in [5, 5.41) is 2.45. The predicted octanol–water partition coefficient (Wildman–Crippen LogP) is 4.60. The highest BCUT2D eigenvalue weighted by Gasteiger charge is 2.08. The van der Waals surface area contributed by atoms with Crippen molar-refractivity contribution < 1.29 is 4.57 Å². The molecule has 0 heterocycles. The third kappa shape index (κ3) is 6.60. The second-order valence-corrected chi connectivity index (χ2v) is 11.4. The molecular formula is C18H26OP2. The molecule has 0 fully saturated rings. The minimum absolute atomic E-state index is 0.0920. The van der Waals surface area contributed by atoms with Crippen LogP contribution in [-0.2, 0) is 4.57 Å². The van der Waals surface area contributed by atoms with E-state index in [0.717, 1.165) is 5.30 Å². The lowest BCUT2D eigenvalue weighted by molar-refractivity contribution is 0.588. The zero-order chi connectivity index (χ0) is 16.0. The van der Waals surface area contributed by atoms with Gasteiger partial charge in [0.2, 0.25) is 0 Å². The minimum atomic E-state index is -2.04. The lowest BCUT2D eigenvalue weighted by Gasteiger charge is -2.05. The molecule has 0 unspecified atom stereocenters. The molecule has 2 rings (SSSR count). The summed E-state index contributed by atoms with van der Waals surface area (Å²) in [5.41, 5.74) is 2.56. The number of aryl methyl sites for hydroxylation is 2. The van der Waals surface area contributed by atoms with Crippen LogP contribution in [0.3, 0.4) is 0 Å². The number of hydrogen-bond acceptors (Lipinski definition) is 1. The SMILES string of the molecule is Cc1ccc(P(C)(C)=O)cc1.Cc1ccc(P(C)C)cc1. The minimum Gasteiger partial charge on any atom is -0.319 e. The maximum Gasteiger partial charge on any atom is 0.109 e. The molecule has 0 aromatic heterocycles. The van der Waals surface area contributed by atoms with Crippen LogP contribution in [0.25, 0.3) is 0 Å². The molecule has 0 aliphatic heterocycles. The van der Waals surface area contributed by atoms with Crippen molar-refractivity contribution in [3.63, 3.8) is 0 Å². The van der Waals surface area contributed by atoms with Crippen LogP contribution in [0.2, 0.25) is 0 Å². The van der Waals surface area contributed by atoms with E-state index in [-0.39, 0.29) is 7.92 Å². The molecular weight excluding hydrogens is 294 g/mol. The zero-order valence-corrected chi connectivity index (χ0v) is 15.7. The molecule has 21 heavy (non-hydrogen) atoms. The summed E-state index contributed by atoms with van der Waals surface area (Å²) in [7, 11) is -1.95. The Labute approximate surface area is 130 Å². The average Bonchev–Trinajstić information content (AvgIpc) is 2.39. The van der Waals surface area contributed by atoms with Gasteiger partial charge in [-0.15, -0.1) is 0 Å². The fourth-order valence-corrected chi connectivity index (χ4v) is 3.36. The molecule has 0 saturated carbocycles. The summed E-state index contributed by atoms with van der Waals surface area (Å²) in [5.74, 6) is 0. The van der Waals surface area contributed by atoms with Gasteiger partial charge in [-0.25, -0.2) is 0 Å². The summed E-state index contributed by atoms with van der Waals surface area (Å²) in [6.45, 7) is 12.3. The van der Waals surface area contributed by atoms with Gasteiger partial charge in [-0.2, -0.15) is 0 Å². The lowest BCUT2D eigenvalue weighted by Crippen LogP contribution is -2.01. The first-order valence-electron chi connectivity index (χ1n) is 7.06. The first kappa shape index (κ1) is 18.1. The van der Waals surface area contributed by atoms with Crippen LogP contribution in [-0.4, -0.2) is 26.7 Å². The van der Waals surface area contributed by atoms with E-state index in [9.17, 15) is 4.57 Å². The van der Waals surface area contributed by atoms with Crippen LogP contribution in [0.15, 0.2) is 48.5 Å². The molecule has 0 saturated heterocycles. The molecule has 2 aromatic rings. The highest BCUT2D eigenvalue weighted by Crippen LogP contribution is 2.34. The van der Waals surface area contributed by atoms with Gasteiger partial charge in [0.05, 0.1) is 0 Å². The molecule has 0 aliphatic rings. The molecule has 3 heteroatoms. The average molecular weight is 320 g/mol. The van der Waals surface area contributed by atoms with E-state index in [1.165, 1.54) is 16.4 Å². The van der Waals surface area contributed by atoms with Crippen LogP contribution in [0.5, 0.6) is 0 Å². The number of benzene rings is 2. The van der Waals surface area contributed by atoms with E-state index < -0.39 is 7.14 Å². The number of rotatable bonds is 2. The van der Waals surface area contributed by atoms with Crippen molar-refractivity contribution in [2.45, 2.75) is 13.8 Å². The van der Waals surface area contributed by atoms with Crippen LogP contribution < -0.4 is 10.6 Å². The molecule has 0 atom stereocenters. The molecule has 114 valence electrons. The zero-order valence-electron chi connectivity index (χ0n) is 13.9. The van der Waals surface area contributed by atoms with Gasteiger partial charge >= 0.3 is 0 Å². The molecule has 0 radical (unpaired) electrons. The second-order valence-electron chi connectivity index (χ2n) is 5.92. The standard InChI is InChI=1S/C9H13OP.C9H13P/c1-8-4-6-9(7-5-8)11(2,3)10;1-8-4-6-9(7-5-8)10(2)3/h4-7H,1-3H3;4-7H,1-3H3. The molecule has 0 N–H and O–H groups in total. The quantitative estimate of drug-likeness (QED) is 0.739. The monoisotopic (exact) mass is 320 g/mol. The van der Waals surface area contributed by atoms with Crippen molar-refractivity contribution in [3.8, 4) is 0 Å². The molecule has 2 aromatic carbocycles. The molecule has 0 bridgehead atoms. The van der Waals surface area contributed by atoms with E-state index in [1.807, 2.05) is 31.2 Å². The highest BCUT2D eigenvalue weighted by molar-refractivity contribution is 7.70. The van der Waals surface area contributed by atoms with Crippen LogP contribution in [0.4, 0.5) is 0 Å². The van der Waals surface area contributed by atoms with Crippen molar-refractivity contribution in [1.29, 1.82) is 0 Å². The third-order valence-corrected chi connectivity index (χ3v) is 6.08. The van der Waals surface area contributed by atoms with E-state index in [2.05, 4.69) is 44.5 Å². The largest absolute Gasteiger partial charge is 0.319 e. The molecule has 1 nitrogen and oxygen atoms in total. The van der Waals surface area contributed by atoms with Crippen molar-refractivity contribution in [3.05, 3.63) is 59.7 Å². The van der Waals surface area contributed by atoms with Gasteiger partial charge < -0.3 is 4.57 Å². The van der Waals surface area contributed by atoms with Crippen LogP contribution in [0.1, 0.15) is 11.1 Å². The smallest absolute Gasteiger partial charge is 0.109 e. The van der Waals surface area contributed by atoms with Crippen molar-refractivity contribution >= 4 is 25.7 Å².